The first-order valence-corrected chi connectivity index (χ1v) is 7.93. The van der Waals surface area contributed by atoms with Crippen LogP contribution in [0.15, 0.2) is 53.9 Å². The maximum atomic E-state index is 12.5. The van der Waals surface area contributed by atoms with Crippen molar-refractivity contribution in [3.8, 4) is 11.5 Å². The lowest BCUT2D eigenvalue weighted by Crippen LogP contribution is -2.27. The van der Waals surface area contributed by atoms with E-state index in [1.807, 2.05) is 30.3 Å². The van der Waals surface area contributed by atoms with E-state index in [0.29, 0.717) is 11.4 Å². The molecule has 4 N–H and O–H groups in total. The van der Waals surface area contributed by atoms with Gasteiger partial charge in [-0.15, -0.1) is 0 Å². The Hall–Kier alpha value is -3.15. The number of benzene rings is 2. The van der Waals surface area contributed by atoms with E-state index >= 15 is 0 Å². The minimum atomic E-state index is -0.497. The van der Waals surface area contributed by atoms with E-state index in [1.165, 1.54) is 0 Å². The van der Waals surface area contributed by atoms with Crippen LogP contribution in [0.1, 0.15) is 24.0 Å². The van der Waals surface area contributed by atoms with Gasteiger partial charge in [-0.1, -0.05) is 18.2 Å². The number of nitrogen functional groups attached to an aromatic ring is 1. The Bertz CT molecular complexity index is 828. The monoisotopic (exact) mass is 340 g/mol. The topological polar surface area (TPSA) is 96.8 Å². The second kappa shape index (κ2) is 6.76. The first-order chi connectivity index (χ1) is 12.0. The molecule has 0 spiro atoms. The van der Waals surface area contributed by atoms with Crippen molar-refractivity contribution in [3.05, 3.63) is 65.0 Å². The zero-order valence-electron chi connectivity index (χ0n) is 14.1. The van der Waals surface area contributed by atoms with Gasteiger partial charge in [0.15, 0.2) is 0 Å². The first kappa shape index (κ1) is 16.7. The molecular weight excluding hydrogens is 320 g/mol. The second-order valence-electron chi connectivity index (χ2n) is 5.60. The summed E-state index contributed by atoms with van der Waals surface area (Å²) >= 11 is 0. The van der Waals surface area contributed by atoms with Crippen molar-refractivity contribution in [1.29, 1.82) is 0 Å². The maximum Gasteiger partial charge on any atom is 0.340 e. The predicted molar refractivity (Wildman–Crippen MR) is 94.2 cm³/mol. The number of methoxy groups -OCH3 is 1. The van der Waals surface area contributed by atoms with Gasteiger partial charge in [0.25, 0.3) is 0 Å². The van der Waals surface area contributed by atoms with Crippen molar-refractivity contribution < 1.29 is 19.0 Å². The van der Waals surface area contributed by atoms with Gasteiger partial charge in [-0.2, -0.15) is 0 Å². The van der Waals surface area contributed by atoms with Crippen molar-refractivity contribution in [2.45, 2.75) is 12.8 Å². The number of hydrogen-bond donors (Lipinski definition) is 2. The van der Waals surface area contributed by atoms with Crippen molar-refractivity contribution in [1.82, 2.24) is 0 Å². The Morgan fingerprint density at radius 3 is 2.52 bits per heavy atom. The van der Waals surface area contributed by atoms with Gasteiger partial charge in [-0.25, -0.2) is 4.79 Å². The first-order valence-electron chi connectivity index (χ1n) is 7.93. The average molecular weight is 340 g/mol. The fraction of sp³-hybridized carbons (Fsp3) is 0.211. The van der Waals surface area contributed by atoms with Crippen LogP contribution < -0.4 is 20.9 Å². The molecule has 0 radical (unpaired) electrons. The summed E-state index contributed by atoms with van der Waals surface area (Å²) in [5.74, 6) is 0.379. The molecule has 1 aliphatic heterocycles. The van der Waals surface area contributed by atoms with Crippen LogP contribution in [-0.2, 0) is 9.53 Å². The number of anilines is 1. The molecule has 6 heteroatoms. The lowest BCUT2D eigenvalue weighted by Gasteiger charge is -2.28. The highest BCUT2D eigenvalue weighted by molar-refractivity contribution is 5.92. The lowest BCUT2D eigenvalue weighted by atomic mass is 9.83. The van der Waals surface area contributed by atoms with Gasteiger partial charge >= 0.3 is 5.97 Å². The van der Waals surface area contributed by atoms with Crippen LogP contribution in [-0.4, -0.2) is 19.7 Å². The normalized spacial score (nSPS) is 16.0. The van der Waals surface area contributed by atoms with Crippen molar-refractivity contribution >= 4 is 11.7 Å². The quantitative estimate of drug-likeness (QED) is 0.656. The zero-order chi connectivity index (χ0) is 18.0. The molecule has 25 heavy (non-hydrogen) atoms. The molecule has 0 amide bonds. The minimum Gasteiger partial charge on any atom is -0.497 e. The number of fused-ring (bicyclic) bond motifs is 1. The van der Waals surface area contributed by atoms with Crippen LogP contribution in [0.25, 0.3) is 0 Å². The van der Waals surface area contributed by atoms with Gasteiger partial charge < -0.3 is 25.7 Å². The summed E-state index contributed by atoms with van der Waals surface area (Å²) in [6.07, 6.45) is 0. The van der Waals surface area contributed by atoms with Crippen LogP contribution in [0.3, 0.4) is 0 Å². The van der Waals surface area contributed by atoms with Gasteiger partial charge in [-0.05, 0) is 30.7 Å². The summed E-state index contributed by atoms with van der Waals surface area (Å²) in [7, 11) is 1.60. The van der Waals surface area contributed by atoms with Crippen LogP contribution >= 0.6 is 0 Å². The summed E-state index contributed by atoms with van der Waals surface area (Å²) < 4.78 is 16.0. The van der Waals surface area contributed by atoms with E-state index in [2.05, 4.69) is 0 Å². The summed E-state index contributed by atoms with van der Waals surface area (Å²) in [5.41, 5.74) is 14.4. The van der Waals surface area contributed by atoms with Crippen LogP contribution in [0.5, 0.6) is 11.5 Å². The molecule has 2 aromatic rings. The number of nitrogens with two attached hydrogens (primary N) is 2. The molecule has 130 valence electrons. The molecule has 0 saturated heterocycles. The smallest absolute Gasteiger partial charge is 0.340 e. The molecule has 0 aliphatic carbocycles. The van der Waals surface area contributed by atoms with Crippen LogP contribution in [0, 0.1) is 0 Å². The van der Waals surface area contributed by atoms with Gasteiger partial charge in [0, 0.05) is 17.3 Å². The number of carbonyl (C=O) groups is 1. The number of carbonyl (C=O) groups excluding carboxylic acids is 1. The van der Waals surface area contributed by atoms with E-state index in [9.17, 15) is 4.79 Å². The van der Waals surface area contributed by atoms with Crippen LogP contribution in [0.4, 0.5) is 5.69 Å². The third-order valence-corrected chi connectivity index (χ3v) is 4.07. The number of hydrogen-bond acceptors (Lipinski definition) is 6. The fourth-order valence-electron chi connectivity index (χ4n) is 2.92. The number of esters is 1. The minimum absolute atomic E-state index is 0.0253. The molecule has 0 unspecified atom stereocenters. The van der Waals surface area contributed by atoms with E-state index in [1.54, 1.807) is 26.2 Å². The summed E-state index contributed by atoms with van der Waals surface area (Å²) in [5, 5.41) is 0. The summed E-state index contributed by atoms with van der Waals surface area (Å²) in [6, 6.07) is 12.7. The Labute approximate surface area is 146 Å². The molecule has 1 atom stereocenters. The van der Waals surface area contributed by atoms with Crippen molar-refractivity contribution in [2.24, 2.45) is 5.73 Å². The molecule has 6 nitrogen and oxygen atoms in total. The molecule has 0 saturated carbocycles. The highest BCUT2D eigenvalue weighted by atomic mass is 16.5. The molecule has 3 rings (SSSR count). The zero-order valence-corrected chi connectivity index (χ0v) is 14.1. The fourth-order valence-corrected chi connectivity index (χ4v) is 2.92. The molecule has 0 fully saturated rings. The Balaban J connectivity index is 2.15. The second-order valence-corrected chi connectivity index (χ2v) is 5.60. The van der Waals surface area contributed by atoms with Gasteiger partial charge in [0.1, 0.15) is 17.1 Å². The average Bonchev–Trinajstić information content (AvgIpc) is 2.60. The molecule has 1 heterocycles. The highest BCUT2D eigenvalue weighted by Crippen LogP contribution is 2.43. The molecule has 0 aromatic heterocycles. The van der Waals surface area contributed by atoms with Gasteiger partial charge in [0.2, 0.25) is 5.88 Å². The molecule has 0 bridgehead atoms. The summed E-state index contributed by atoms with van der Waals surface area (Å²) in [6.45, 7) is 1.99. The third-order valence-electron chi connectivity index (χ3n) is 4.07. The third kappa shape index (κ3) is 3.10. The predicted octanol–water partition coefficient (Wildman–Crippen LogP) is 2.54. The van der Waals surface area contributed by atoms with E-state index < -0.39 is 11.9 Å². The molecule has 2 aromatic carbocycles. The lowest BCUT2D eigenvalue weighted by molar-refractivity contribution is -0.139. The molecular formula is C19H20N2O4. The Morgan fingerprint density at radius 1 is 1.16 bits per heavy atom. The van der Waals surface area contributed by atoms with E-state index in [4.69, 9.17) is 25.7 Å². The Kier molecular flexibility index (Phi) is 4.52. The largest absolute Gasteiger partial charge is 0.497 e. The SMILES string of the molecule is CCOC(=O)C1=C(N)Oc2cc(N)ccc2[C@@H]1c1ccc(OC)cc1. The summed E-state index contributed by atoms with van der Waals surface area (Å²) in [4.78, 5) is 12.5. The van der Waals surface area contributed by atoms with Crippen molar-refractivity contribution in [2.75, 3.05) is 19.5 Å². The van der Waals surface area contributed by atoms with Crippen molar-refractivity contribution in [3.63, 3.8) is 0 Å². The van der Waals surface area contributed by atoms with Gasteiger partial charge in [0.05, 0.1) is 19.6 Å². The standard InChI is InChI=1S/C19H20N2O4/c1-3-24-19(22)17-16(11-4-7-13(23-2)8-5-11)14-9-6-12(20)10-15(14)25-18(17)21/h4-10,16H,3,20-21H2,1-2H3/t16-/m0/s1. The maximum absolute atomic E-state index is 12.5. The molecule has 1 aliphatic rings. The van der Waals surface area contributed by atoms with E-state index in [-0.39, 0.29) is 18.1 Å². The number of ether oxygens (including phenoxy) is 3. The van der Waals surface area contributed by atoms with Gasteiger partial charge in [-0.3, -0.25) is 0 Å². The van der Waals surface area contributed by atoms with E-state index in [0.717, 1.165) is 16.9 Å². The van der Waals surface area contributed by atoms with Crippen LogP contribution in [0.2, 0.25) is 0 Å². The highest BCUT2D eigenvalue weighted by Gasteiger charge is 2.35. The number of rotatable bonds is 4. The Morgan fingerprint density at radius 2 is 1.88 bits per heavy atom.